The minimum Gasteiger partial charge on any atom is -0.494 e. The number of aromatic nitrogens is 4. The van der Waals surface area contributed by atoms with Crippen LogP contribution in [0.25, 0.3) is 17.1 Å². The summed E-state index contributed by atoms with van der Waals surface area (Å²) in [5, 5.41) is 9.17. The zero-order chi connectivity index (χ0) is 21.6. The van der Waals surface area contributed by atoms with Crippen LogP contribution in [0.3, 0.4) is 0 Å². The number of benzene rings is 2. The standard InChI is InChI=1S/C24H22N4O2S/c1-3-30-21-11-9-20(10-12-21)28-23(19-13-15-25-16-14-19)26-27-24(28)31-17(2)22(29)18-7-5-4-6-8-18/h4-17H,3H2,1-2H3. The highest BCUT2D eigenvalue weighted by Gasteiger charge is 2.22. The first-order chi connectivity index (χ1) is 15.2. The highest BCUT2D eigenvalue weighted by Crippen LogP contribution is 2.31. The number of nitrogens with zero attached hydrogens (tertiary/aromatic N) is 4. The Kier molecular flexibility index (Phi) is 6.43. The molecular formula is C24H22N4O2S. The van der Waals surface area contributed by atoms with Gasteiger partial charge in [-0.3, -0.25) is 14.3 Å². The quantitative estimate of drug-likeness (QED) is 0.286. The van der Waals surface area contributed by atoms with Crippen LogP contribution in [-0.2, 0) is 0 Å². The van der Waals surface area contributed by atoms with Crippen LogP contribution in [0.4, 0.5) is 0 Å². The average molecular weight is 431 g/mol. The summed E-state index contributed by atoms with van der Waals surface area (Å²) in [6.45, 7) is 4.45. The van der Waals surface area contributed by atoms with Gasteiger partial charge in [0.05, 0.1) is 11.9 Å². The van der Waals surface area contributed by atoms with Gasteiger partial charge in [-0.25, -0.2) is 0 Å². The third-order valence-corrected chi connectivity index (χ3v) is 5.73. The summed E-state index contributed by atoms with van der Waals surface area (Å²) in [5.41, 5.74) is 2.47. The number of hydrogen-bond donors (Lipinski definition) is 0. The molecule has 6 nitrogen and oxygen atoms in total. The van der Waals surface area contributed by atoms with E-state index in [-0.39, 0.29) is 11.0 Å². The molecule has 2 heterocycles. The number of ketones is 1. The zero-order valence-electron chi connectivity index (χ0n) is 17.3. The Bertz CT molecular complexity index is 1150. The third kappa shape index (κ3) is 4.67. The monoisotopic (exact) mass is 430 g/mol. The number of Topliss-reactive ketones (excluding diaryl/α,β-unsaturated/α-hetero) is 1. The molecule has 0 bridgehead atoms. The van der Waals surface area contributed by atoms with Gasteiger partial charge in [0, 0.05) is 29.2 Å². The summed E-state index contributed by atoms with van der Waals surface area (Å²) in [6, 6.07) is 20.9. The molecule has 0 saturated heterocycles. The van der Waals surface area contributed by atoms with Gasteiger partial charge in [0.15, 0.2) is 16.8 Å². The van der Waals surface area contributed by atoms with E-state index in [2.05, 4.69) is 15.2 Å². The SMILES string of the molecule is CCOc1ccc(-n2c(SC(C)C(=O)c3ccccc3)nnc2-c2ccncc2)cc1. The molecule has 0 N–H and O–H groups in total. The Balaban J connectivity index is 1.71. The fourth-order valence-corrected chi connectivity index (χ4v) is 4.12. The average Bonchev–Trinajstić information content (AvgIpc) is 3.24. The van der Waals surface area contributed by atoms with Crippen molar-refractivity contribution in [1.29, 1.82) is 0 Å². The zero-order valence-corrected chi connectivity index (χ0v) is 18.1. The number of ether oxygens (including phenoxy) is 1. The van der Waals surface area contributed by atoms with Crippen LogP contribution in [-0.4, -0.2) is 37.4 Å². The third-order valence-electron chi connectivity index (χ3n) is 4.69. The molecule has 7 heteroatoms. The van der Waals surface area contributed by atoms with Crippen molar-refractivity contribution in [2.75, 3.05) is 6.61 Å². The summed E-state index contributed by atoms with van der Waals surface area (Å²) in [7, 11) is 0. The number of pyridine rings is 1. The Morgan fingerprint density at radius 3 is 2.39 bits per heavy atom. The van der Waals surface area contributed by atoms with Crippen molar-refractivity contribution in [3.05, 3.63) is 84.7 Å². The Morgan fingerprint density at radius 1 is 1.00 bits per heavy atom. The summed E-state index contributed by atoms with van der Waals surface area (Å²) in [5.74, 6) is 1.54. The highest BCUT2D eigenvalue weighted by atomic mass is 32.2. The lowest BCUT2D eigenvalue weighted by molar-refractivity contribution is 0.0994. The van der Waals surface area contributed by atoms with E-state index in [1.807, 2.05) is 85.1 Å². The smallest absolute Gasteiger partial charge is 0.196 e. The van der Waals surface area contributed by atoms with E-state index < -0.39 is 0 Å². The van der Waals surface area contributed by atoms with Crippen LogP contribution in [0.5, 0.6) is 5.75 Å². The molecule has 1 atom stereocenters. The summed E-state index contributed by atoms with van der Waals surface area (Å²) >= 11 is 1.39. The van der Waals surface area contributed by atoms with Crippen molar-refractivity contribution in [3.63, 3.8) is 0 Å². The molecule has 1 unspecified atom stereocenters. The van der Waals surface area contributed by atoms with Gasteiger partial charge in [-0.1, -0.05) is 42.1 Å². The van der Waals surface area contributed by atoms with Gasteiger partial charge in [-0.2, -0.15) is 0 Å². The van der Waals surface area contributed by atoms with Crippen LogP contribution in [0.1, 0.15) is 24.2 Å². The fraction of sp³-hybridized carbons (Fsp3) is 0.167. The molecule has 4 rings (SSSR count). The van der Waals surface area contributed by atoms with Crippen LogP contribution in [0.2, 0.25) is 0 Å². The first-order valence-corrected chi connectivity index (χ1v) is 10.9. The Hall–Kier alpha value is -3.45. The Morgan fingerprint density at radius 2 is 1.71 bits per heavy atom. The lowest BCUT2D eigenvalue weighted by atomic mass is 10.1. The molecule has 0 aliphatic heterocycles. The topological polar surface area (TPSA) is 69.9 Å². The normalized spacial score (nSPS) is 11.8. The molecule has 0 aliphatic carbocycles. The largest absolute Gasteiger partial charge is 0.494 e. The van der Waals surface area contributed by atoms with E-state index in [0.29, 0.717) is 23.2 Å². The molecule has 0 radical (unpaired) electrons. The predicted molar refractivity (Wildman–Crippen MR) is 122 cm³/mol. The second-order valence-electron chi connectivity index (χ2n) is 6.79. The number of carbonyl (C=O) groups excluding carboxylic acids is 1. The predicted octanol–water partition coefficient (Wildman–Crippen LogP) is 5.09. The van der Waals surface area contributed by atoms with Gasteiger partial charge in [0.25, 0.3) is 0 Å². The van der Waals surface area contributed by atoms with E-state index in [1.54, 1.807) is 12.4 Å². The van der Waals surface area contributed by atoms with Crippen molar-refractivity contribution in [2.24, 2.45) is 0 Å². The fourth-order valence-electron chi connectivity index (χ4n) is 3.17. The molecule has 0 aliphatic rings. The van der Waals surface area contributed by atoms with Crippen LogP contribution in [0.15, 0.2) is 84.3 Å². The van der Waals surface area contributed by atoms with Crippen molar-refractivity contribution in [2.45, 2.75) is 24.3 Å². The minimum absolute atomic E-state index is 0.0531. The molecule has 31 heavy (non-hydrogen) atoms. The number of rotatable bonds is 8. The van der Waals surface area contributed by atoms with Crippen molar-refractivity contribution in [3.8, 4) is 22.8 Å². The molecule has 156 valence electrons. The van der Waals surface area contributed by atoms with Gasteiger partial charge in [0.1, 0.15) is 5.75 Å². The highest BCUT2D eigenvalue weighted by molar-refractivity contribution is 8.00. The van der Waals surface area contributed by atoms with E-state index in [4.69, 9.17) is 4.74 Å². The van der Waals surface area contributed by atoms with Crippen LogP contribution < -0.4 is 4.74 Å². The Labute approximate surface area is 185 Å². The van der Waals surface area contributed by atoms with Crippen molar-refractivity contribution < 1.29 is 9.53 Å². The number of hydrogen-bond acceptors (Lipinski definition) is 6. The first kappa shape index (κ1) is 20.8. The van der Waals surface area contributed by atoms with Gasteiger partial charge >= 0.3 is 0 Å². The lowest BCUT2D eigenvalue weighted by Gasteiger charge is -2.14. The molecule has 4 aromatic rings. The molecule has 2 aromatic heterocycles. The summed E-state index contributed by atoms with van der Waals surface area (Å²) in [4.78, 5) is 17.0. The molecule has 0 fully saturated rings. The number of thioether (sulfide) groups is 1. The molecular weight excluding hydrogens is 408 g/mol. The molecule has 0 amide bonds. The summed E-state index contributed by atoms with van der Waals surface area (Å²) < 4.78 is 7.53. The second-order valence-corrected chi connectivity index (χ2v) is 8.10. The van der Waals surface area contributed by atoms with Gasteiger partial charge in [-0.05, 0) is 50.2 Å². The summed E-state index contributed by atoms with van der Waals surface area (Å²) in [6.07, 6.45) is 3.45. The maximum Gasteiger partial charge on any atom is 0.196 e. The van der Waals surface area contributed by atoms with Gasteiger partial charge in [0.2, 0.25) is 0 Å². The molecule has 0 spiro atoms. The van der Waals surface area contributed by atoms with E-state index in [1.165, 1.54) is 11.8 Å². The van der Waals surface area contributed by atoms with E-state index >= 15 is 0 Å². The van der Waals surface area contributed by atoms with Crippen LogP contribution >= 0.6 is 11.8 Å². The number of carbonyl (C=O) groups is 1. The van der Waals surface area contributed by atoms with Gasteiger partial charge in [-0.15, -0.1) is 10.2 Å². The minimum atomic E-state index is -0.321. The van der Waals surface area contributed by atoms with Crippen molar-refractivity contribution >= 4 is 17.5 Å². The lowest BCUT2D eigenvalue weighted by Crippen LogP contribution is -2.14. The molecule has 2 aromatic carbocycles. The van der Waals surface area contributed by atoms with Crippen LogP contribution in [0, 0.1) is 0 Å². The first-order valence-electron chi connectivity index (χ1n) is 10.0. The molecule has 0 saturated carbocycles. The van der Waals surface area contributed by atoms with E-state index in [0.717, 1.165) is 17.0 Å². The second kappa shape index (κ2) is 9.57. The van der Waals surface area contributed by atoms with Gasteiger partial charge < -0.3 is 4.74 Å². The van der Waals surface area contributed by atoms with E-state index in [9.17, 15) is 4.79 Å². The van der Waals surface area contributed by atoms with Crippen molar-refractivity contribution in [1.82, 2.24) is 19.7 Å². The maximum atomic E-state index is 12.9. The maximum absolute atomic E-state index is 12.9.